The van der Waals surface area contributed by atoms with Crippen LogP contribution in [0.2, 0.25) is 5.02 Å². The highest BCUT2D eigenvalue weighted by Crippen LogP contribution is 2.39. The van der Waals surface area contributed by atoms with Crippen LogP contribution in [0.5, 0.6) is 11.5 Å². The molecule has 8 heteroatoms. The number of hydrogen-bond donors (Lipinski definition) is 1. The molecule has 0 fully saturated rings. The van der Waals surface area contributed by atoms with Crippen LogP contribution in [0.15, 0.2) is 35.2 Å². The van der Waals surface area contributed by atoms with E-state index in [4.69, 9.17) is 16.3 Å². The van der Waals surface area contributed by atoms with Gasteiger partial charge < -0.3 is 10.1 Å². The Morgan fingerprint density at radius 1 is 1.12 bits per heavy atom. The highest BCUT2D eigenvalue weighted by atomic mass is 35.5. The maximum Gasteiger partial charge on any atom is 0.259 e. The number of benzene rings is 2. The Balaban J connectivity index is 2.14. The summed E-state index contributed by atoms with van der Waals surface area (Å²) in [6.07, 6.45) is 0. The van der Waals surface area contributed by atoms with Crippen molar-refractivity contribution in [3.05, 3.63) is 46.5 Å². The van der Waals surface area contributed by atoms with Gasteiger partial charge in [0.1, 0.15) is 10.6 Å². The first-order valence-corrected chi connectivity index (χ1v) is 10.0. The smallest absolute Gasteiger partial charge is 0.259 e. The molecule has 0 spiro atoms. The predicted molar refractivity (Wildman–Crippen MR) is 101 cm³/mol. The van der Waals surface area contributed by atoms with Gasteiger partial charge in [-0.1, -0.05) is 31.5 Å². The third kappa shape index (κ3) is 3.18. The first-order valence-electron chi connectivity index (χ1n) is 8.21. The highest BCUT2D eigenvalue weighted by Gasteiger charge is 2.29. The first-order chi connectivity index (χ1) is 12.3. The van der Waals surface area contributed by atoms with Crippen LogP contribution in [0, 0.1) is 6.92 Å². The van der Waals surface area contributed by atoms with Crippen LogP contribution in [-0.2, 0) is 10.0 Å². The summed E-state index contributed by atoms with van der Waals surface area (Å²) in [5.41, 5.74) is 1.60. The van der Waals surface area contributed by atoms with Crippen molar-refractivity contribution in [2.45, 2.75) is 25.7 Å². The molecule has 1 aliphatic rings. The van der Waals surface area contributed by atoms with Gasteiger partial charge in [-0.3, -0.25) is 4.79 Å². The number of fused-ring (bicyclic) bond motifs is 2. The predicted octanol–water partition coefficient (Wildman–Crippen LogP) is 4.04. The summed E-state index contributed by atoms with van der Waals surface area (Å²) < 4.78 is 32.8. The summed E-state index contributed by atoms with van der Waals surface area (Å²) in [7, 11) is -3.81. The van der Waals surface area contributed by atoms with E-state index in [1.165, 1.54) is 16.4 Å². The lowest BCUT2D eigenvalue weighted by atomic mass is 10.2. The minimum Gasteiger partial charge on any atom is -0.454 e. The fourth-order valence-electron chi connectivity index (χ4n) is 2.84. The SMILES string of the molecule is CCN(CC)S(=O)(=O)c1cc2c(cc1Cl)Oc1ccc(C)cc1NC2=O. The topological polar surface area (TPSA) is 75.7 Å². The van der Waals surface area contributed by atoms with Crippen LogP contribution < -0.4 is 10.1 Å². The maximum absolute atomic E-state index is 12.8. The molecule has 1 aliphatic heterocycles. The van der Waals surface area contributed by atoms with Crippen molar-refractivity contribution >= 4 is 33.2 Å². The van der Waals surface area contributed by atoms with E-state index in [0.29, 0.717) is 24.5 Å². The molecule has 0 atom stereocenters. The van der Waals surface area contributed by atoms with Crippen LogP contribution in [0.3, 0.4) is 0 Å². The van der Waals surface area contributed by atoms with Crippen molar-refractivity contribution < 1.29 is 17.9 Å². The van der Waals surface area contributed by atoms with Gasteiger partial charge in [0.2, 0.25) is 10.0 Å². The zero-order valence-electron chi connectivity index (χ0n) is 14.7. The standard InChI is InChI=1S/C18H19ClN2O4S/c1-4-21(5-2)26(23,24)17-9-12-16(10-13(17)19)25-15-7-6-11(3)8-14(15)20-18(12)22/h6-10H,4-5H2,1-3H3,(H,20,22). The molecule has 6 nitrogen and oxygen atoms in total. The van der Waals surface area contributed by atoms with Crippen molar-refractivity contribution in [3.8, 4) is 11.5 Å². The summed E-state index contributed by atoms with van der Waals surface area (Å²) >= 11 is 6.24. The largest absolute Gasteiger partial charge is 0.454 e. The summed E-state index contributed by atoms with van der Waals surface area (Å²) in [6, 6.07) is 8.04. The molecule has 1 N–H and O–H groups in total. The Hall–Kier alpha value is -2.09. The second-order valence-electron chi connectivity index (χ2n) is 5.92. The molecule has 2 aromatic carbocycles. The van der Waals surface area contributed by atoms with Crippen molar-refractivity contribution in [1.29, 1.82) is 0 Å². The molecule has 1 amide bonds. The number of carbonyl (C=O) groups is 1. The molecule has 0 bridgehead atoms. The van der Waals surface area contributed by atoms with Gasteiger partial charge in [-0.05, 0) is 30.7 Å². The second-order valence-corrected chi connectivity index (χ2v) is 8.24. The Bertz CT molecular complexity index is 985. The van der Waals surface area contributed by atoms with Crippen LogP contribution >= 0.6 is 11.6 Å². The average molecular weight is 395 g/mol. The van der Waals surface area contributed by atoms with Gasteiger partial charge in [-0.25, -0.2) is 8.42 Å². The number of ether oxygens (including phenoxy) is 1. The number of hydrogen-bond acceptors (Lipinski definition) is 4. The first kappa shape index (κ1) is 18.7. The monoisotopic (exact) mass is 394 g/mol. The number of sulfonamides is 1. The molecule has 0 radical (unpaired) electrons. The van der Waals surface area contributed by atoms with E-state index in [2.05, 4.69) is 5.32 Å². The minimum absolute atomic E-state index is 0.0130. The van der Waals surface area contributed by atoms with Gasteiger partial charge in [0.15, 0.2) is 5.75 Å². The van der Waals surface area contributed by atoms with E-state index in [1.54, 1.807) is 26.0 Å². The average Bonchev–Trinajstić information content (AvgIpc) is 2.70. The van der Waals surface area contributed by atoms with E-state index in [-0.39, 0.29) is 21.2 Å². The van der Waals surface area contributed by atoms with E-state index in [1.807, 2.05) is 13.0 Å². The van der Waals surface area contributed by atoms with Crippen molar-refractivity contribution in [2.24, 2.45) is 0 Å². The quantitative estimate of drug-likeness (QED) is 0.849. The third-order valence-corrected chi connectivity index (χ3v) is 6.72. The Kier molecular flexibility index (Phi) is 4.96. The molecule has 3 rings (SSSR count). The van der Waals surface area contributed by atoms with E-state index >= 15 is 0 Å². The van der Waals surface area contributed by atoms with Crippen LogP contribution in [0.4, 0.5) is 5.69 Å². The number of halogens is 1. The van der Waals surface area contributed by atoms with Crippen molar-refractivity contribution in [3.63, 3.8) is 0 Å². The summed E-state index contributed by atoms with van der Waals surface area (Å²) in [5.74, 6) is 0.240. The van der Waals surface area contributed by atoms with Crippen LogP contribution in [-0.4, -0.2) is 31.7 Å². The molecule has 0 saturated carbocycles. The van der Waals surface area contributed by atoms with Crippen molar-refractivity contribution in [1.82, 2.24) is 4.31 Å². The maximum atomic E-state index is 12.8. The zero-order chi connectivity index (χ0) is 19.1. The van der Waals surface area contributed by atoms with Gasteiger partial charge in [0.25, 0.3) is 5.91 Å². The number of amides is 1. The lowest BCUT2D eigenvalue weighted by molar-refractivity contribution is 0.102. The fourth-order valence-corrected chi connectivity index (χ4v) is 4.81. The van der Waals surface area contributed by atoms with Gasteiger partial charge in [0, 0.05) is 19.2 Å². The lowest BCUT2D eigenvalue weighted by Crippen LogP contribution is -2.31. The second kappa shape index (κ2) is 6.90. The molecule has 0 aromatic heterocycles. The molecule has 26 heavy (non-hydrogen) atoms. The number of aryl methyl sites for hydroxylation is 1. The summed E-state index contributed by atoms with van der Waals surface area (Å²) in [5, 5.41) is 2.77. The number of carbonyl (C=O) groups excluding carboxylic acids is 1. The van der Waals surface area contributed by atoms with E-state index in [0.717, 1.165) is 5.56 Å². The lowest BCUT2D eigenvalue weighted by Gasteiger charge is -2.20. The number of anilines is 1. The molecule has 138 valence electrons. The fraction of sp³-hybridized carbons (Fsp3) is 0.278. The van der Waals surface area contributed by atoms with E-state index in [9.17, 15) is 13.2 Å². The normalized spacial score (nSPS) is 13.5. The summed E-state index contributed by atoms with van der Waals surface area (Å²) in [4.78, 5) is 12.5. The number of nitrogens with zero attached hydrogens (tertiary/aromatic N) is 1. The van der Waals surface area contributed by atoms with Gasteiger partial charge in [-0.15, -0.1) is 0 Å². The molecule has 0 saturated heterocycles. The van der Waals surface area contributed by atoms with Crippen molar-refractivity contribution in [2.75, 3.05) is 18.4 Å². The zero-order valence-corrected chi connectivity index (χ0v) is 16.2. The van der Waals surface area contributed by atoms with Gasteiger partial charge >= 0.3 is 0 Å². The molecule has 2 aromatic rings. The highest BCUT2D eigenvalue weighted by molar-refractivity contribution is 7.89. The van der Waals surface area contributed by atoms with Gasteiger partial charge in [0.05, 0.1) is 16.3 Å². The van der Waals surface area contributed by atoms with Crippen LogP contribution in [0.1, 0.15) is 29.8 Å². The van der Waals surface area contributed by atoms with Gasteiger partial charge in [-0.2, -0.15) is 4.31 Å². The number of nitrogens with one attached hydrogen (secondary N) is 1. The Morgan fingerprint density at radius 3 is 2.46 bits per heavy atom. The molecule has 1 heterocycles. The minimum atomic E-state index is -3.81. The molecular formula is C18H19ClN2O4S. The molecule has 0 aliphatic carbocycles. The molecular weight excluding hydrogens is 376 g/mol. The summed E-state index contributed by atoms with van der Waals surface area (Å²) in [6.45, 7) is 6.00. The van der Waals surface area contributed by atoms with Crippen LogP contribution in [0.25, 0.3) is 0 Å². The third-order valence-electron chi connectivity index (χ3n) is 4.21. The Morgan fingerprint density at radius 2 is 1.81 bits per heavy atom. The molecule has 0 unspecified atom stereocenters. The Labute approximate surface area is 157 Å². The van der Waals surface area contributed by atoms with E-state index < -0.39 is 15.9 Å². The number of rotatable bonds is 4.